The predicted molar refractivity (Wildman–Crippen MR) is 125 cm³/mol. The van der Waals surface area contributed by atoms with Gasteiger partial charge in [0.25, 0.3) is 0 Å². The highest BCUT2D eigenvalue weighted by molar-refractivity contribution is 5.92. The molecule has 0 spiro atoms. The first-order valence-electron chi connectivity index (χ1n) is 10.8. The zero-order valence-electron chi connectivity index (χ0n) is 18.6. The van der Waals surface area contributed by atoms with Crippen LogP contribution in [0.15, 0.2) is 30.5 Å². The van der Waals surface area contributed by atoms with Crippen molar-refractivity contribution in [1.29, 1.82) is 0 Å². The minimum Gasteiger partial charge on any atom is -0.507 e. The van der Waals surface area contributed by atoms with Crippen molar-refractivity contribution in [3.05, 3.63) is 41.7 Å². The van der Waals surface area contributed by atoms with E-state index in [9.17, 15) is 5.11 Å². The molecule has 7 nitrogen and oxygen atoms in total. The number of aromatic nitrogens is 4. The second kappa shape index (κ2) is 7.20. The van der Waals surface area contributed by atoms with Gasteiger partial charge in [0.2, 0.25) is 0 Å². The fraction of sp³-hybridized carbons (Fsp3) is 0.375. The Kier molecular flexibility index (Phi) is 4.59. The molecule has 1 saturated heterocycles. The molecule has 2 N–H and O–H groups in total. The van der Waals surface area contributed by atoms with E-state index < -0.39 is 0 Å². The molecule has 5 rings (SSSR count). The third kappa shape index (κ3) is 3.39. The Hall–Kier alpha value is -3.19. The fourth-order valence-electron chi connectivity index (χ4n) is 4.74. The standard InChI is InChI=1S/C24H28N6O/c1-13-10-30(11-14(2)25-13)18-6-7-21-19(9-18)16(4)26-24(27-21)20-8-17-12-29(5)28-22(17)15(3)23(20)31/h6-9,12-14,25,31H,10-11H2,1-5H3/t13-,14-/m1/s1. The van der Waals surface area contributed by atoms with Crippen LogP contribution < -0.4 is 10.2 Å². The molecule has 0 amide bonds. The topological polar surface area (TPSA) is 79.1 Å². The highest BCUT2D eigenvalue weighted by Gasteiger charge is 2.22. The minimum atomic E-state index is 0.186. The van der Waals surface area contributed by atoms with E-state index >= 15 is 0 Å². The zero-order chi connectivity index (χ0) is 21.9. The van der Waals surface area contributed by atoms with E-state index in [1.54, 1.807) is 4.68 Å². The van der Waals surface area contributed by atoms with Crippen molar-refractivity contribution in [3.8, 4) is 17.1 Å². The molecule has 0 bridgehead atoms. The average Bonchev–Trinajstić information content (AvgIpc) is 3.10. The van der Waals surface area contributed by atoms with Crippen molar-refractivity contribution in [2.45, 2.75) is 39.8 Å². The molecule has 0 unspecified atom stereocenters. The summed E-state index contributed by atoms with van der Waals surface area (Å²) in [4.78, 5) is 12.0. The number of nitrogens with one attached hydrogen (secondary N) is 1. The van der Waals surface area contributed by atoms with Gasteiger partial charge < -0.3 is 15.3 Å². The number of aromatic hydroxyl groups is 1. The zero-order valence-corrected chi connectivity index (χ0v) is 18.6. The van der Waals surface area contributed by atoms with Crippen LogP contribution >= 0.6 is 0 Å². The Morgan fingerprint density at radius 3 is 2.55 bits per heavy atom. The van der Waals surface area contributed by atoms with E-state index in [1.807, 2.05) is 33.2 Å². The van der Waals surface area contributed by atoms with Gasteiger partial charge in [-0.25, -0.2) is 9.97 Å². The molecule has 3 heterocycles. The van der Waals surface area contributed by atoms with Crippen LogP contribution in [0.2, 0.25) is 0 Å². The van der Waals surface area contributed by atoms with E-state index in [-0.39, 0.29) is 5.75 Å². The van der Waals surface area contributed by atoms with Gasteiger partial charge in [0.05, 0.1) is 16.6 Å². The molecule has 7 heteroatoms. The van der Waals surface area contributed by atoms with Gasteiger partial charge in [0.15, 0.2) is 5.82 Å². The summed E-state index contributed by atoms with van der Waals surface area (Å²) in [5.74, 6) is 0.721. The van der Waals surface area contributed by atoms with Crippen molar-refractivity contribution >= 4 is 27.5 Å². The number of phenols is 1. The number of anilines is 1. The SMILES string of the molecule is Cc1nc(-c2cc3cn(C)nc3c(C)c2O)nc2ccc(N3C[C@@H](C)N[C@H](C)C3)cc12. The Morgan fingerprint density at radius 1 is 1.06 bits per heavy atom. The van der Waals surface area contributed by atoms with Gasteiger partial charge in [-0.15, -0.1) is 0 Å². The Bertz CT molecular complexity index is 1300. The monoisotopic (exact) mass is 416 g/mol. The lowest BCUT2D eigenvalue weighted by Crippen LogP contribution is -2.54. The van der Waals surface area contributed by atoms with Gasteiger partial charge >= 0.3 is 0 Å². The second-order valence-corrected chi connectivity index (χ2v) is 8.85. The molecular formula is C24H28N6O. The molecular weight excluding hydrogens is 388 g/mol. The summed E-state index contributed by atoms with van der Waals surface area (Å²) in [5, 5.41) is 20.9. The maximum absolute atomic E-state index is 10.8. The summed E-state index contributed by atoms with van der Waals surface area (Å²) in [5.41, 5.74) is 5.16. The number of piperazine rings is 1. The van der Waals surface area contributed by atoms with Crippen molar-refractivity contribution in [3.63, 3.8) is 0 Å². The number of hydrogen-bond acceptors (Lipinski definition) is 6. The summed E-state index contributed by atoms with van der Waals surface area (Å²) >= 11 is 0. The van der Waals surface area contributed by atoms with Crippen LogP contribution in [-0.2, 0) is 7.05 Å². The maximum atomic E-state index is 10.8. The molecule has 1 aliphatic heterocycles. The summed E-state index contributed by atoms with van der Waals surface area (Å²) < 4.78 is 1.76. The van der Waals surface area contributed by atoms with Gasteiger partial charge in [-0.1, -0.05) is 0 Å². The quantitative estimate of drug-likeness (QED) is 0.519. The van der Waals surface area contributed by atoms with Gasteiger partial charge in [0.1, 0.15) is 5.75 Å². The van der Waals surface area contributed by atoms with E-state index in [0.29, 0.717) is 23.5 Å². The first kappa shape index (κ1) is 19.8. The summed E-state index contributed by atoms with van der Waals surface area (Å²) in [7, 11) is 1.88. The molecule has 160 valence electrons. The van der Waals surface area contributed by atoms with Crippen molar-refractivity contribution < 1.29 is 5.11 Å². The summed E-state index contributed by atoms with van der Waals surface area (Å²) in [6.07, 6.45) is 1.95. The van der Waals surface area contributed by atoms with Crippen LogP contribution in [0.1, 0.15) is 25.1 Å². The molecule has 0 saturated carbocycles. The molecule has 1 aliphatic rings. The number of rotatable bonds is 2. The molecule has 1 fully saturated rings. The maximum Gasteiger partial charge on any atom is 0.163 e. The fourth-order valence-corrected chi connectivity index (χ4v) is 4.74. The van der Waals surface area contributed by atoms with Crippen molar-refractivity contribution in [2.75, 3.05) is 18.0 Å². The summed E-state index contributed by atoms with van der Waals surface area (Å²) in [6, 6.07) is 9.21. The third-order valence-electron chi connectivity index (χ3n) is 6.16. The third-order valence-corrected chi connectivity index (χ3v) is 6.16. The van der Waals surface area contributed by atoms with E-state index in [4.69, 9.17) is 9.97 Å². The van der Waals surface area contributed by atoms with Crippen LogP contribution in [0.4, 0.5) is 5.69 Å². The average molecular weight is 417 g/mol. The summed E-state index contributed by atoms with van der Waals surface area (Å²) in [6.45, 7) is 10.3. The first-order chi connectivity index (χ1) is 14.8. The Balaban J connectivity index is 1.59. The van der Waals surface area contributed by atoms with Gasteiger partial charge in [-0.2, -0.15) is 5.10 Å². The molecule has 31 heavy (non-hydrogen) atoms. The van der Waals surface area contributed by atoms with E-state index in [2.05, 4.69) is 47.4 Å². The number of fused-ring (bicyclic) bond motifs is 2. The molecule has 2 aromatic heterocycles. The molecule has 0 radical (unpaired) electrons. The number of phenolic OH excluding ortho intramolecular Hbond substituents is 1. The van der Waals surface area contributed by atoms with Crippen LogP contribution in [0.25, 0.3) is 33.2 Å². The highest BCUT2D eigenvalue weighted by atomic mass is 16.3. The smallest absolute Gasteiger partial charge is 0.163 e. The number of aryl methyl sites for hydroxylation is 3. The second-order valence-electron chi connectivity index (χ2n) is 8.85. The lowest BCUT2D eigenvalue weighted by molar-refractivity contribution is 0.407. The van der Waals surface area contributed by atoms with Crippen LogP contribution in [-0.4, -0.2) is 50.0 Å². The van der Waals surface area contributed by atoms with Crippen molar-refractivity contribution in [1.82, 2.24) is 25.1 Å². The minimum absolute atomic E-state index is 0.186. The number of hydrogen-bond donors (Lipinski definition) is 2. The molecule has 2 atom stereocenters. The van der Waals surface area contributed by atoms with Gasteiger partial charge in [0, 0.05) is 66.1 Å². The molecule has 2 aromatic carbocycles. The number of nitrogens with zero attached hydrogens (tertiary/aromatic N) is 5. The van der Waals surface area contributed by atoms with Crippen LogP contribution in [0.5, 0.6) is 5.75 Å². The van der Waals surface area contributed by atoms with Gasteiger partial charge in [-0.05, 0) is 52.0 Å². The molecule has 4 aromatic rings. The molecule has 0 aliphatic carbocycles. The Labute approximate surface area is 181 Å². The lowest BCUT2D eigenvalue weighted by Gasteiger charge is -2.37. The number of benzene rings is 2. The van der Waals surface area contributed by atoms with E-state index in [1.165, 1.54) is 5.69 Å². The van der Waals surface area contributed by atoms with E-state index in [0.717, 1.165) is 46.2 Å². The lowest BCUT2D eigenvalue weighted by atomic mass is 10.0. The largest absolute Gasteiger partial charge is 0.507 e. The predicted octanol–water partition coefficient (Wildman–Crippen LogP) is 3.69. The van der Waals surface area contributed by atoms with Gasteiger partial charge in [-0.3, -0.25) is 4.68 Å². The first-order valence-corrected chi connectivity index (χ1v) is 10.8. The Morgan fingerprint density at radius 2 is 1.81 bits per heavy atom. The van der Waals surface area contributed by atoms with Crippen LogP contribution in [0, 0.1) is 13.8 Å². The van der Waals surface area contributed by atoms with Crippen LogP contribution in [0.3, 0.4) is 0 Å². The normalized spacial score (nSPS) is 19.5. The highest BCUT2D eigenvalue weighted by Crippen LogP contribution is 2.36. The van der Waals surface area contributed by atoms with Crippen molar-refractivity contribution in [2.24, 2.45) is 7.05 Å².